The molecule has 110 valence electrons. The highest BCUT2D eigenvalue weighted by atomic mass is 16.7. The standard InChI is InChI=1S/C16H28O3/c1-5-14(19-15(17)16(3,4)6-2)18-13-10-11-7-8-12(13)9-11/h11-14H,5-10H2,1-4H3. The summed E-state index contributed by atoms with van der Waals surface area (Å²) in [6.07, 6.45) is 6.62. The van der Waals surface area contributed by atoms with Gasteiger partial charge in [-0.05, 0) is 57.8 Å². The second-order valence-electron chi connectivity index (χ2n) is 6.83. The van der Waals surface area contributed by atoms with Crippen LogP contribution in [0.25, 0.3) is 0 Å². The molecule has 2 bridgehead atoms. The van der Waals surface area contributed by atoms with Crippen molar-refractivity contribution in [2.45, 2.75) is 78.6 Å². The zero-order chi connectivity index (χ0) is 14.0. The number of carbonyl (C=O) groups is 1. The van der Waals surface area contributed by atoms with Gasteiger partial charge in [-0.15, -0.1) is 0 Å². The minimum atomic E-state index is -0.411. The Morgan fingerprint density at radius 2 is 2.00 bits per heavy atom. The molecule has 0 N–H and O–H groups in total. The van der Waals surface area contributed by atoms with Gasteiger partial charge in [0, 0.05) is 6.42 Å². The van der Waals surface area contributed by atoms with E-state index in [1.54, 1.807) is 0 Å². The summed E-state index contributed by atoms with van der Waals surface area (Å²) in [6.45, 7) is 7.89. The van der Waals surface area contributed by atoms with Gasteiger partial charge in [0.1, 0.15) is 0 Å². The van der Waals surface area contributed by atoms with Gasteiger partial charge in [0.05, 0.1) is 11.5 Å². The van der Waals surface area contributed by atoms with Crippen LogP contribution in [0.4, 0.5) is 0 Å². The molecule has 0 saturated heterocycles. The van der Waals surface area contributed by atoms with E-state index in [4.69, 9.17) is 9.47 Å². The Morgan fingerprint density at radius 1 is 1.26 bits per heavy atom. The largest absolute Gasteiger partial charge is 0.435 e. The highest BCUT2D eigenvalue weighted by Gasteiger charge is 2.41. The highest BCUT2D eigenvalue weighted by Crippen LogP contribution is 2.46. The third-order valence-corrected chi connectivity index (χ3v) is 5.01. The lowest BCUT2D eigenvalue weighted by Crippen LogP contribution is -2.34. The molecule has 2 fully saturated rings. The number of fused-ring (bicyclic) bond motifs is 2. The van der Waals surface area contributed by atoms with Crippen molar-refractivity contribution in [2.24, 2.45) is 17.3 Å². The number of ether oxygens (including phenoxy) is 2. The van der Waals surface area contributed by atoms with Crippen LogP contribution in [0.1, 0.15) is 66.2 Å². The van der Waals surface area contributed by atoms with Gasteiger partial charge in [0.15, 0.2) is 0 Å². The van der Waals surface area contributed by atoms with Crippen molar-refractivity contribution in [3.8, 4) is 0 Å². The average Bonchev–Trinajstić information content (AvgIpc) is 2.99. The maximum absolute atomic E-state index is 12.1. The molecular weight excluding hydrogens is 240 g/mol. The van der Waals surface area contributed by atoms with Crippen LogP contribution in [0, 0.1) is 17.3 Å². The molecule has 0 aliphatic heterocycles. The third kappa shape index (κ3) is 3.31. The lowest BCUT2D eigenvalue weighted by Gasteiger charge is -2.29. The Kier molecular flexibility index (Phi) is 4.54. The quantitative estimate of drug-likeness (QED) is 0.541. The van der Waals surface area contributed by atoms with E-state index < -0.39 is 5.41 Å². The van der Waals surface area contributed by atoms with E-state index in [0.717, 1.165) is 25.2 Å². The minimum absolute atomic E-state index is 0.134. The van der Waals surface area contributed by atoms with Crippen molar-refractivity contribution in [1.29, 1.82) is 0 Å². The molecule has 4 atom stereocenters. The molecule has 0 spiro atoms. The second-order valence-corrected chi connectivity index (χ2v) is 6.83. The number of hydrogen-bond acceptors (Lipinski definition) is 3. The Balaban J connectivity index is 1.85. The topological polar surface area (TPSA) is 35.5 Å². The molecule has 0 heterocycles. The summed E-state index contributed by atoms with van der Waals surface area (Å²) >= 11 is 0. The van der Waals surface area contributed by atoms with Gasteiger partial charge in [-0.2, -0.15) is 0 Å². The number of hydrogen-bond donors (Lipinski definition) is 0. The average molecular weight is 268 g/mol. The first-order valence-electron chi connectivity index (χ1n) is 7.82. The monoisotopic (exact) mass is 268 g/mol. The van der Waals surface area contributed by atoms with Crippen molar-refractivity contribution in [2.75, 3.05) is 0 Å². The smallest absolute Gasteiger partial charge is 0.313 e. The molecule has 2 rings (SSSR count). The van der Waals surface area contributed by atoms with E-state index in [0.29, 0.717) is 12.0 Å². The predicted molar refractivity (Wildman–Crippen MR) is 74.6 cm³/mol. The first-order valence-corrected chi connectivity index (χ1v) is 7.82. The van der Waals surface area contributed by atoms with Crippen molar-refractivity contribution >= 4 is 5.97 Å². The van der Waals surface area contributed by atoms with E-state index in [2.05, 4.69) is 0 Å². The van der Waals surface area contributed by atoms with Crippen molar-refractivity contribution in [3.05, 3.63) is 0 Å². The summed E-state index contributed by atoms with van der Waals surface area (Å²) in [7, 11) is 0. The van der Waals surface area contributed by atoms with Crippen molar-refractivity contribution < 1.29 is 14.3 Å². The molecule has 0 amide bonds. The van der Waals surface area contributed by atoms with Crippen LogP contribution in [-0.2, 0) is 14.3 Å². The molecule has 19 heavy (non-hydrogen) atoms. The Bertz CT molecular complexity index is 324. The van der Waals surface area contributed by atoms with Crippen molar-refractivity contribution in [3.63, 3.8) is 0 Å². The number of esters is 1. The van der Waals surface area contributed by atoms with E-state index in [-0.39, 0.29) is 12.3 Å². The predicted octanol–water partition coefficient (Wildman–Crippen LogP) is 3.91. The van der Waals surface area contributed by atoms with Crippen LogP contribution in [0.15, 0.2) is 0 Å². The van der Waals surface area contributed by atoms with Gasteiger partial charge in [-0.25, -0.2) is 0 Å². The first-order chi connectivity index (χ1) is 8.96. The van der Waals surface area contributed by atoms with Crippen LogP contribution in [-0.4, -0.2) is 18.4 Å². The molecule has 2 saturated carbocycles. The van der Waals surface area contributed by atoms with Gasteiger partial charge >= 0.3 is 5.97 Å². The summed E-state index contributed by atoms with van der Waals surface area (Å²) in [4.78, 5) is 12.1. The van der Waals surface area contributed by atoms with Gasteiger partial charge in [-0.3, -0.25) is 4.79 Å². The molecule has 3 heteroatoms. The molecule has 2 aliphatic carbocycles. The van der Waals surface area contributed by atoms with Crippen LogP contribution >= 0.6 is 0 Å². The SMILES string of the molecule is CCC(OC(=O)C(C)(C)CC)OC1CC2CCC1C2. The van der Waals surface area contributed by atoms with E-state index >= 15 is 0 Å². The van der Waals surface area contributed by atoms with Crippen molar-refractivity contribution in [1.82, 2.24) is 0 Å². The summed E-state index contributed by atoms with van der Waals surface area (Å²) in [6, 6.07) is 0. The molecule has 0 aromatic heterocycles. The Labute approximate surface area is 117 Å². The number of rotatable bonds is 6. The first kappa shape index (κ1) is 14.8. The minimum Gasteiger partial charge on any atom is -0.435 e. The lowest BCUT2D eigenvalue weighted by molar-refractivity contribution is -0.203. The summed E-state index contributed by atoms with van der Waals surface area (Å²) in [5.74, 6) is 1.43. The van der Waals surface area contributed by atoms with Gasteiger partial charge in [0.2, 0.25) is 6.29 Å². The summed E-state index contributed by atoms with van der Waals surface area (Å²) < 4.78 is 11.6. The fraction of sp³-hybridized carbons (Fsp3) is 0.938. The van der Waals surface area contributed by atoms with Crippen LogP contribution in [0.5, 0.6) is 0 Å². The molecule has 0 radical (unpaired) electrons. The van der Waals surface area contributed by atoms with E-state index in [1.807, 2.05) is 27.7 Å². The van der Waals surface area contributed by atoms with E-state index in [1.165, 1.54) is 19.3 Å². The molecule has 3 nitrogen and oxygen atoms in total. The fourth-order valence-electron chi connectivity index (χ4n) is 3.18. The normalized spacial score (nSPS) is 31.5. The molecule has 4 unspecified atom stereocenters. The zero-order valence-electron chi connectivity index (χ0n) is 12.8. The Hall–Kier alpha value is -0.570. The molecule has 2 aliphatic rings. The highest BCUT2D eigenvalue weighted by molar-refractivity contribution is 5.75. The summed E-state index contributed by atoms with van der Waals surface area (Å²) in [5.41, 5.74) is -0.411. The van der Waals surface area contributed by atoms with Gasteiger partial charge in [-0.1, -0.05) is 13.8 Å². The van der Waals surface area contributed by atoms with E-state index in [9.17, 15) is 4.79 Å². The maximum atomic E-state index is 12.1. The van der Waals surface area contributed by atoms with Crippen LogP contribution in [0.2, 0.25) is 0 Å². The lowest BCUT2D eigenvalue weighted by atomic mass is 9.91. The number of carbonyl (C=O) groups excluding carboxylic acids is 1. The van der Waals surface area contributed by atoms with Gasteiger partial charge < -0.3 is 9.47 Å². The molecule has 0 aromatic carbocycles. The summed E-state index contributed by atoms with van der Waals surface area (Å²) in [5, 5.41) is 0. The third-order valence-electron chi connectivity index (χ3n) is 5.01. The molecular formula is C16H28O3. The van der Waals surface area contributed by atoms with Crippen LogP contribution in [0.3, 0.4) is 0 Å². The fourth-order valence-corrected chi connectivity index (χ4v) is 3.18. The molecule has 0 aromatic rings. The zero-order valence-corrected chi connectivity index (χ0v) is 12.8. The Morgan fingerprint density at radius 3 is 2.47 bits per heavy atom. The van der Waals surface area contributed by atoms with Gasteiger partial charge in [0.25, 0.3) is 0 Å². The van der Waals surface area contributed by atoms with Crippen LogP contribution < -0.4 is 0 Å². The second kappa shape index (κ2) is 5.82. The maximum Gasteiger partial charge on any atom is 0.313 e.